The Morgan fingerprint density at radius 2 is 2.11 bits per heavy atom. The van der Waals surface area contributed by atoms with E-state index in [4.69, 9.17) is 10.5 Å². The molecular formula is C12H19FN2O3S. The van der Waals surface area contributed by atoms with E-state index in [9.17, 15) is 12.8 Å². The van der Waals surface area contributed by atoms with Crippen LogP contribution in [-0.4, -0.2) is 26.9 Å². The third-order valence-corrected chi connectivity index (χ3v) is 3.57. The molecule has 3 N–H and O–H groups in total. The first-order valence-corrected chi connectivity index (χ1v) is 7.60. The molecule has 0 saturated heterocycles. The molecular weight excluding hydrogens is 271 g/mol. The fourth-order valence-corrected chi connectivity index (χ4v) is 2.30. The summed E-state index contributed by atoms with van der Waals surface area (Å²) in [6, 6.07) is 4.15. The summed E-state index contributed by atoms with van der Waals surface area (Å²) < 4.78 is 44.4. The predicted octanol–water partition coefficient (Wildman–Crippen LogP) is 1.45. The summed E-state index contributed by atoms with van der Waals surface area (Å²) in [4.78, 5) is 0. The quantitative estimate of drug-likeness (QED) is 0.796. The molecule has 0 atom stereocenters. The molecule has 0 amide bonds. The van der Waals surface area contributed by atoms with Gasteiger partial charge in [0.1, 0.15) is 5.82 Å². The monoisotopic (exact) mass is 290 g/mol. The SMILES string of the molecule is CC(C)OCCS(=O)(=O)Nc1ccc(CN)cc1F. The molecule has 0 radical (unpaired) electrons. The molecule has 0 heterocycles. The summed E-state index contributed by atoms with van der Waals surface area (Å²) in [5.41, 5.74) is 5.89. The van der Waals surface area contributed by atoms with E-state index in [1.54, 1.807) is 6.07 Å². The second-order valence-electron chi connectivity index (χ2n) is 4.36. The lowest BCUT2D eigenvalue weighted by atomic mass is 10.2. The number of hydrogen-bond acceptors (Lipinski definition) is 4. The highest BCUT2D eigenvalue weighted by molar-refractivity contribution is 7.92. The number of halogens is 1. The Labute approximate surface area is 113 Å². The minimum absolute atomic E-state index is 0.0456. The van der Waals surface area contributed by atoms with Gasteiger partial charge >= 0.3 is 0 Å². The molecule has 0 saturated carbocycles. The Balaban J connectivity index is 2.67. The summed E-state index contributed by atoms with van der Waals surface area (Å²) in [6.07, 6.45) is -0.0456. The minimum atomic E-state index is -3.62. The summed E-state index contributed by atoms with van der Waals surface area (Å²) in [6.45, 7) is 3.89. The molecule has 0 aliphatic heterocycles. The molecule has 0 aliphatic carbocycles. The first-order chi connectivity index (χ1) is 8.84. The van der Waals surface area contributed by atoms with Crippen molar-refractivity contribution in [3.63, 3.8) is 0 Å². The van der Waals surface area contributed by atoms with Gasteiger partial charge in [0.15, 0.2) is 0 Å². The van der Waals surface area contributed by atoms with Crippen LogP contribution in [0.1, 0.15) is 19.4 Å². The first-order valence-electron chi connectivity index (χ1n) is 5.94. The van der Waals surface area contributed by atoms with Crippen molar-refractivity contribution in [2.45, 2.75) is 26.5 Å². The van der Waals surface area contributed by atoms with E-state index in [-0.39, 0.29) is 30.7 Å². The van der Waals surface area contributed by atoms with Crippen molar-refractivity contribution in [2.75, 3.05) is 17.1 Å². The predicted molar refractivity (Wildman–Crippen MR) is 72.8 cm³/mol. The fourth-order valence-electron chi connectivity index (χ4n) is 1.38. The van der Waals surface area contributed by atoms with Crippen molar-refractivity contribution in [3.8, 4) is 0 Å². The average Bonchev–Trinajstić information content (AvgIpc) is 2.30. The number of rotatable bonds is 7. The van der Waals surface area contributed by atoms with Crippen LogP contribution in [0.3, 0.4) is 0 Å². The van der Waals surface area contributed by atoms with Crippen LogP contribution in [0.15, 0.2) is 18.2 Å². The highest BCUT2D eigenvalue weighted by atomic mass is 32.2. The van der Waals surface area contributed by atoms with Crippen LogP contribution in [0.4, 0.5) is 10.1 Å². The van der Waals surface area contributed by atoms with Crippen LogP contribution in [0.5, 0.6) is 0 Å². The lowest BCUT2D eigenvalue weighted by Gasteiger charge is -2.11. The van der Waals surface area contributed by atoms with Crippen molar-refractivity contribution in [1.29, 1.82) is 0 Å². The third kappa shape index (κ3) is 5.54. The van der Waals surface area contributed by atoms with E-state index >= 15 is 0 Å². The Kier molecular flexibility index (Phi) is 5.71. The van der Waals surface area contributed by atoms with Crippen molar-refractivity contribution in [2.24, 2.45) is 5.73 Å². The van der Waals surface area contributed by atoms with Gasteiger partial charge in [-0.05, 0) is 31.5 Å². The molecule has 0 bridgehead atoms. The van der Waals surface area contributed by atoms with Crippen LogP contribution < -0.4 is 10.5 Å². The zero-order valence-electron chi connectivity index (χ0n) is 11.0. The van der Waals surface area contributed by atoms with E-state index in [2.05, 4.69) is 4.72 Å². The van der Waals surface area contributed by atoms with Crippen LogP contribution in [0.2, 0.25) is 0 Å². The van der Waals surface area contributed by atoms with Crippen molar-refractivity contribution >= 4 is 15.7 Å². The van der Waals surface area contributed by atoms with E-state index in [0.29, 0.717) is 5.56 Å². The highest BCUT2D eigenvalue weighted by Crippen LogP contribution is 2.17. The van der Waals surface area contributed by atoms with Gasteiger partial charge in [-0.2, -0.15) is 0 Å². The van der Waals surface area contributed by atoms with Crippen molar-refractivity contribution < 1.29 is 17.5 Å². The van der Waals surface area contributed by atoms with E-state index in [1.807, 2.05) is 13.8 Å². The lowest BCUT2D eigenvalue weighted by molar-refractivity contribution is 0.0913. The van der Waals surface area contributed by atoms with E-state index < -0.39 is 15.8 Å². The molecule has 0 aliphatic rings. The smallest absolute Gasteiger partial charge is 0.235 e. The number of sulfonamides is 1. The second kappa shape index (κ2) is 6.83. The summed E-state index contributed by atoms with van der Waals surface area (Å²) in [5, 5.41) is 0. The highest BCUT2D eigenvalue weighted by Gasteiger charge is 2.13. The maximum absolute atomic E-state index is 13.6. The van der Waals surface area contributed by atoms with Gasteiger partial charge < -0.3 is 10.5 Å². The molecule has 0 fully saturated rings. The van der Waals surface area contributed by atoms with Crippen LogP contribution >= 0.6 is 0 Å². The van der Waals surface area contributed by atoms with E-state index in [0.717, 1.165) is 0 Å². The summed E-state index contributed by atoms with van der Waals surface area (Å²) >= 11 is 0. The number of nitrogens with two attached hydrogens (primary N) is 1. The molecule has 19 heavy (non-hydrogen) atoms. The van der Waals surface area contributed by atoms with Crippen LogP contribution in [0, 0.1) is 5.82 Å². The summed E-state index contributed by atoms with van der Waals surface area (Å²) in [7, 11) is -3.62. The second-order valence-corrected chi connectivity index (χ2v) is 6.20. The molecule has 0 spiro atoms. The number of hydrogen-bond donors (Lipinski definition) is 2. The Bertz CT molecular complexity index is 518. The van der Waals surface area contributed by atoms with Gasteiger partial charge in [0.05, 0.1) is 24.2 Å². The van der Waals surface area contributed by atoms with Crippen LogP contribution in [0.25, 0.3) is 0 Å². The minimum Gasteiger partial charge on any atom is -0.378 e. The summed E-state index contributed by atoms with van der Waals surface area (Å²) in [5.74, 6) is -0.861. The van der Waals surface area contributed by atoms with Gasteiger partial charge in [-0.25, -0.2) is 12.8 Å². The molecule has 108 valence electrons. The molecule has 1 rings (SSSR count). The zero-order valence-corrected chi connectivity index (χ0v) is 11.8. The molecule has 7 heteroatoms. The average molecular weight is 290 g/mol. The van der Waals surface area contributed by atoms with Gasteiger partial charge in [-0.1, -0.05) is 6.07 Å². The molecule has 0 aromatic heterocycles. The zero-order chi connectivity index (χ0) is 14.5. The topological polar surface area (TPSA) is 81.4 Å². The van der Waals surface area contributed by atoms with Crippen molar-refractivity contribution in [3.05, 3.63) is 29.6 Å². The van der Waals surface area contributed by atoms with Gasteiger partial charge in [0.25, 0.3) is 0 Å². The maximum Gasteiger partial charge on any atom is 0.235 e. The Hall–Kier alpha value is -1.18. The normalized spacial score (nSPS) is 11.8. The molecule has 1 aromatic rings. The standard InChI is InChI=1S/C12H19FN2O3S/c1-9(2)18-5-6-19(16,17)15-12-4-3-10(8-14)7-11(12)13/h3-4,7,9,15H,5-6,8,14H2,1-2H3. The number of ether oxygens (including phenoxy) is 1. The molecule has 5 nitrogen and oxygen atoms in total. The number of anilines is 1. The Morgan fingerprint density at radius 3 is 2.63 bits per heavy atom. The van der Waals surface area contributed by atoms with Gasteiger partial charge in [-0.3, -0.25) is 4.72 Å². The largest absolute Gasteiger partial charge is 0.378 e. The third-order valence-electron chi connectivity index (χ3n) is 2.34. The van der Waals surface area contributed by atoms with E-state index in [1.165, 1.54) is 12.1 Å². The van der Waals surface area contributed by atoms with Crippen molar-refractivity contribution in [1.82, 2.24) is 0 Å². The van der Waals surface area contributed by atoms with Gasteiger partial charge in [0.2, 0.25) is 10.0 Å². The number of benzene rings is 1. The number of nitrogens with one attached hydrogen (secondary N) is 1. The van der Waals surface area contributed by atoms with Crippen LogP contribution in [-0.2, 0) is 21.3 Å². The molecule has 0 unspecified atom stereocenters. The van der Waals surface area contributed by atoms with Gasteiger partial charge in [0, 0.05) is 6.54 Å². The lowest BCUT2D eigenvalue weighted by Crippen LogP contribution is -2.22. The molecule has 1 aromatic carbocycles. The maximum atomic E-state index is 13.6. The van der Waals surface area contributed by atoms with Gasteiger partial charge in [-0.15, -0.1) is 0 Å². The first kappa shape index (κ1) is 15.9. The Morgan fingerprint density at radius 1 is 1.42 bits per heavy atom. The fraction of sp³-hybridized carbons (Fsp3) is 0.500.